The number of benzene rings is 1. The SMILES string of the molecule is O=C(OCC(F)(F)F)C(=O)c1ccccc1. The highest BCUT2D eigenvalue weighted by atomic mass is 19.4. The van der Waals surface area contributed by atoms with Gasteiger partial charge in [-0.2, -0.15) is 13.2 Å². The Morgan fingerprint density at radius 3 is 2.19 bits per heavy atom. The van der Waals surface area contributed by atoms with Gasteiger partial charge in [0.2, 0.25) is 0 Å². The van der Waals surface area contributed by atoms with Crippen molar-refractivity contribution in [2.24, 2.45) is 0 Å². The first-order valence-electron chi connectivity index (χ1n) is 4.23. The van der Waals surface area contributed by atoms with E-state index in [9.17, 15) is 22.8 Å². The maximum absolute atomic E-state index is 11.7. The van der Waals surface area contributed by atoms with Crippen molar-refractivity contribution in [2.75, 3.05) is 6.61 Å². The van der Waals surface area contributed by atoms with Gasteiger partial charge in [0, 0.05) is 5.56 Å². The molecule has 0 heterocycles. The van der Waals surface area contributed by atoms with E-state index in [0.717, 1.165) is 0 Å². The fraction of sp³-hybridized carbons (Fsp3) is 0.200. The molecule has 0 spiro atoms. The zero-order chi connectivity index (χ0) is 12.2. The highest BCUT2D eigenvalue weighted by molar-refractivity contribution is 6.40. The highest BCUT2D eigenvalue weighted by Crippen LogP contribution is 2.14. The molecule has 0 aliphatic heterocycles. The van der Waals surface area contributed by atoms with Crippen LogP contribution in [0.4, 0.5) is 13.2 Å². The molecule has 0 unspecified atom stereocenters. The van der Waals surface area contributed by atoms with Gasteiger partial charge in [-0.1, -0.05) is 30.3 Å². The topological polar surface area (TPSA) is 43.4 Å². The number of carbonyl (C=O) groups is 2. The van der Waals surface area contributed by atoms with Gasteiger partial charge in [0.25, 0.3) is 5.78 Å². The number of alkyl halides is 3. The molecule has 86 valence electrons. The van der Waals surface area contributed by atoms with Crippen LogP contribution < -0.4 is 0 Å². The lowest BCUT2D eigenvalue weighted by atomic mass is 10.1. The number of ketones is 1. The Morgan fingerprint density at radius 2 is 1.69 bits per heavy atom. The lowest BCUT2D eigenvalue weighted by Gasteiger charge is -2.06. The standard InChI is InChI=1S/C10H7F3O3/c11-10(12,13)6-16-9(15)8(14)7-4-2-1-3-5-7/h1-5H,6H2. The molecule has 0 aliphatic carbocycles. The molecule has 16 heavy (non-hydrogen) atoms. The fourth-order valence-electron chi connectivity index (χ4n) is 0.920. The van der Waals surface area contributed by atoms with E-state index in [4.69, 9.17) is 0 Å². The van der Waals surface area contributed by atoms with Crippen LogP contribution in [0, 0.1) is 0 Å². The summed E-state index contributed by atoms with van der Waals surface area (Å²) in [6.07, 6.45) is -4.63. The Hall–Kier alpha value is -1.85. The van der Waals surface area contributed by atoms with E-state index in [0.29, 0.717) is 0 Å². The second-order valence-corrected chi connectivity index (χ2v) is 2.89. The minimum Gasteiger partial charge on any atom is -0.450 e. The molecule has 1 aromatic rings. The summed E-state index contributed by atoms with van der Waals surface area (Å²) in [5.41, 5.74) is -0.00493. The van der Waals surface area contributed by atoms with Crippen molar-refractivity contribution in [3.8, 4) is 0 Å². The van der Waals surface area contributed by atoms with Crippen LogP contribution in [0.1, 0.15) is 10.4 Å². The largest absolute Gasteiger partial charge is 0.450 e. The van der Waals surface area contributed by atoms with Crippen LogP contribution in [0.25, 0.3) is 0 Å². The molecule has 0 radical (unpaired) electrons. The number of rotatable bonds is 3. The normalized spacial score (nSPS) is 10.9. The van der Waals surface area contributed by atoms with E-state index in [1.807, 2.05) is 0 Å². The Morgan fingerprint density at radius 1 is 1.12 bits per heavy atom. The second kappa shape index (κ2) is 4.78. The number of ether oxygens (including phenoxy) is 1. The van der Waals surface area contributed by atoms with Crippen LogP contribution in [-0.2, 0) is 9.53 Å². The third kappa shape index (κ3) is 3.72. The van der Waals surface area contributed by atoms with Crippen molar-refractivity contribution < 1.29 is 27.5 Å². The molecule has 1 rings (SSSR count). The lowest BCUT2D eigenvalue weighted by Crippen LogP contribution is -2.25. The summed E-state index contributed by atoms with van der Waals surface area (Å²) in [7, 11) is 0. The maximum atomic E-state index is 11.7. The average molecular weight is 232 g/mol. The van der Waals surface area contributed by atoms with Gasteiger partial charge in [0.1, 0.15) is 0 Å². The number of Topliss-reactive ketones (excluding diaryl/α,β-unsaturated/α-hetero) is 1. The number of esters is 1. The van der Waals surface area contributed by atoms with Crippen molar-refractivity contribution in [1.29, 1.82) is 0 Å². The van der Waals surface area contributed by atoms with Gasteiger partial charge >= 0.3 is 12.1 Å². The minimum absolute atomic E-state index is 0.00493. The molecule has 6 heteroatoms. The summed E-state index contributed by atoms with van der Waals surface area (Å²) in [5.74, 6) is -2.60. The van der Waals surface area contributed by atoms with Crippen molar-refractivity contribution in [1.82, 2.24) is 0 Å². The number of carbonyl (C=O) groups excluding carboxylic acids is 2. The molecule has 0 saturated carbocycles. The molecule has 0 aliphatic rings. The first kappa shape index (κ1) is 12.2. The Labute approximate surface area is 88.8 Å². The van der Waals surface area contributed by atoms with Crippen molar-refractivity contribution >= 4 is 11.8 Å². The third-order valence-electron chi connectivity index (χ3n) is 1.59. The number of hydrogen-bond donors (Lipinski definition) is 0. The molecule has 0 aromatic heterocycles. The van der Waals surface area contributed by atoms with Crippen LogP contribution in [0.3, 0.4) is 0 Å². The third-order valence-corrected chi connectivity index (χ3v) is 1.59. The van der Waals surface area contributed by atoms with Crippen LogP contribution >= 0.6 is 0 Å². The minimum atomic E-state index is -4.63. The van der Waals surface area contributed by atoms with Gasteiger partial charge in [-0.25, -0.2) is 4.79 Å². The average Bonchev–Trinajstić information content (AvgIpc) is 2.25. The molecular formula is C10H7F3O3. The molecular weight excluding hydrogens is 225 g/mol. The summed E-state index contributed by atoms with van der Waals surface area (Å²) < 4.78 is 38.9. The Bertz CT molecular complexity index is 384. The number of hydrogen-bond acceptors (Lipinski definition) is 3. The summed E-state index contributed by atoms with van der Waals surface area (Å²) in [6, 6.07) is 7.22. The zero-order valence-electron chi connectivity index (χ0n) is 7.95. The van der Waals surface area contributed by atoms with Crippen molar-refractivity contribution in [3.63, 3.8) is 0 Å². The molecule has 0 atom stereocenters. The van der Waals surface area contributed by atoms with Crippen LogP contribution in [-0.4, -0.2) is 24.5 Å². The van der Waals surface area contributed by atoms with E-state index >= 15 is 0 Å². The quantitative estimate of drug-likeness (QED) is 0.454. The molecule has 0 N–H and O–H groups in total. The monoisotopic (exact) mass is 232 g/mol. The van der Waals surface area contributed by atoms with E-state index in [2.05, 4.69) is 4.74 Å². The van der Waals surface area contributed by atoms with Crippen LogP contribution in [0.5, 0.6) is 0 Å². The van der Waals surface area contributed by atoms with Crippen molar-refractivity contribution in [3.05, 3.63) is 35.9 Å². The summed E-state index contributed by atoms with van der Waals surface area (Å²) in [6.45, 7) is -1.76. The first-order chi connectivity index (χ1) is 7.40. The van der Waals surface area contributed by atoms with Gasteiger partial charge < -0.3 is 4.74 Å². The summed E-state index contributed by atoms with van der Waals surface area (Å²) in [5, 5.41) is 0. The Kier molecular flexibility index (Phi) is 3.65. The summed E-state index contributed by atoms with van der Waals surface area (Å²) >= 11 is 0. The highest BCUT2D eigenvalue weighted by Gasteiger charge is 2.31. The predicted molar refractivity (Wildman–Crippen MR) is 47.8 cm³/mol. The Balaban J connectivity index is 2.59. The van der Waals surface area contributed by atoms with Crippen LogP contribution in [0.15, 0.2) is 30.3 Å². The molecule has 0 bridgehead atoms. The fourth-order valence-corrected chi connectivity index (χ4v) is 0.920. The van der Waals surface area contributed by atoms with Gasteiger partial charge in [-0.3, -0.25) is 4.79 Å². The van der Waals surface area contributed by atoms with Gasteiger partial charge in [0.05, 0.1) is 0 Å². The van der Waals surface area contributed by atoms with Crippen LogP contribution in [0.2, 0.25) is 0 Å². The summed E-state index contributed by atoms with van der Waals surface area (Å²) in [4.78, 5) is 22.1. The predicted octanol–water partition coefficient (Wildman–Crippen LogP) is 1.97. The van der Waals surface area contributed by atoms with E-state index in [-0.39, 0.29) is 5.56 Å². The van der Waals surface area contributed by atoms with Crippen molar-refractivity contribution in [2.45, 2.75) is 6.18 Å². The smallest absolute Gasteiger partial charge is 0.422 e. The van der Waals surface area contributed by atoms with E-state index < -0.39 is 24.5 Å². The van der Waals surface area contributed by atoms with Gasteiger partial charge in [0.15, 0.2) is 6.61 Å². The lowest BCUT2D eigenvalue weighted by molar-refractivity contribution is -0.182. The molecule has 0 saturated heterocycles. The maximum Gasteiger partial charge on any atom is 0.422 e. The molecule has 1 aromatic carbocycles. The molecule has 0 fully saturated rings. The van der Waals surface area contributed by atoms with E-state index in [1.54, 1.807) is 6.07 Å². The molecule has 0 amide bonds. The molecule has 3 nitrogen and oxygen atoms in total. The van der Waals surface area contributed by atoms with Gasteiger partial charge in [-0.15, -0.1) is 0 Å². The second-order valence-electron chi connectivity index (χ2n) is 2.89. The number of halogens is 3. The van der Waals surface area contributed by atoms with E-state index in [1.165, 1.54) is 24.3 Å². The first-order valence-corrected chi connectivity index (χ1v) is 4.23. The zero-order valence-corrected chi connectivity index (χ0v) is 7.95. The van der Waals surface area contributed by atoms with Gasteiger partial charge in [-0.05, 0) is 0 Å².